The Kier molecular flexibility index (Phi) is 6.68. The normalized spacial score (nSPS) is 13.8. The van der Waals surface area contributed by atoms with Crippen molar-refractivity contribution in [3.8, 4) is 0 Å². The molecule has 0 fully saturated rings. The monoisotopic (exact) mass is 424 g/mol. The Labute approximate surface area is 187 Å². The minimum Gasteiger partial charge on any atom is -0.0953 e. The summed E-state index contributed by atoms with van der Waals surface area (Å²) in [6.45, 7) is 27.8. The fourth-order valence-electron chi connectivity index (χ4n) is 3.93. The standard InChI is InChI=1S/C29H45P/c1-26(2,3)20-14-16-24(22(18-20)28(7,8)9)30(13)25-17-15-21(27(4,5)6)19-23(25)29(10,11)12/h14-19,30H,13H2,1-12H3. The van der Waals surface area contributed by atoms with Crippen molar-refractivity contribution in [3.05, 3.63) is 58.7 Å². The van der Waals surface area contributed by atoms with Gasteiger partial charge in [0.05, 0.1) is 0 Å². The molecule has 0 unspecified atom stereocenters. The highest BCUT2D eigenvalue weighted by molar-refractivity contribution is 7.71. The molecular formula is C29H45P. The SMILES string of the molecule is C=[PH](c1ccc(C(C)(C)C)cc1C(C)(C)C)c1ccc(C(C)(C)C)cc1C(C)(C)C. The first-order valence-electron chi connectivity index (χ1n) is 11.3. The van der Waals surface area contributed by atoms with E-state index in [0.717, 1.165) is 0 Å². The van der Waals surface area contributed by atoms with Gasteiger partial charge in [0.25, 0.3) is 0 Å². The highest BCUT2D eigenvalue weighted by Crippen LogP contribution is 2.36. The highest BCUT2D eigenvalue weighted by atomic mass is 31.1. The van der Waals surface area contributed by atoms with Crippen LogP contribution in [0.2, 0.25) is 0 Å². The van der Waals surface area contributed by atoms with E-state index in [1.54, 1.807) is 0 Å². The number of hydrogen-bond donors (Lipinski definition) is 0. The lowest BCUT2D eigenvalue weighted by Gasteiger charge is -2.31. The number of rotatable bonds is 2. The third-order valence-electron chi connectivity index (χ3n) is 6.04. The summed E-state index contributed by atoms with van der Waals surface area (Å²) in [4.78, 5) is 0. The molecule has 2 rings (SSSR count). The van der Waals surface area contributed by atoms with E-state index in [1.165, 1.54) is 32.9 Å². The van der Waals surface area contributed by atoms with E-state index in [9.17, 15) is 0 Å². The van der Waals surface area contributed by atoms with Crippen molar-refractivity contribution in [2.45, 2.75) is 105 Å². The largest absolute Gasteiger partial charge is 0.0953 e. The summed E-state index contributed by atoms with van der Waals surface area (Å²) < 4.78 is 0. The Morgan fingerprint density at radius 2 is 0.800 bits per heavy atom. The van der Waals surface area contributed by atoms with Gasteiger partial charge in [0.1, 0.15) is 0 Å². The summed E-state index contributed by atoms with van der Waals surface area (Å²) in [5, 5.41) is 2.91. The van der Waals surface area contributed by atoms with Gasteiger partial charge in [0, 0.05) is 0 Å². The van der Waals surface area contributed by atoms with Crippen molar-refractivity contribution in [1.82, 2.24) is 0 Å². The van der Waals surface area contributed by atoms with Gasteiger partial charge in [-0.1, -0.05) is 133 Å². The van der Waals surface area contributed by atoms with Crippen LogP contribution in [0.5, 0.6) is 0 Å². The van der Waals surface area contributed by atoms with Crippen molar-refractivity contribution < 1.29 is 0 Å². The molecule has 0 aromatic heterocycles. The van der Waals surface area contributed by atoms with Gasteiger partial charge in [-0.05, 0) is 54.5 Å². The third-order valence-corrected chi connectivity index (χ3v) is 8.21. The van der Waals surface area contributed by atoms with Crippen LogP contribution in [0, 0.1) is 0 Å². The fourth-order valence-corrected chi connectivity index (χ4v) is 6.34. The van der Waals surface area contributed by atoms with Gasteiger partial charge >= 0.3 is 0 Å². The van der Waals surface area contributed by atoms with Crippen LogP contribution < -0.4 is 10.6 Å². The summed E-state index contributed by atoms with van der Waals surface area (Å²) >= 11 is 0. The Morgan fingerprint density at radius 1 is 0.500 bits per heavy atom. The molecule has 0 N–H and O–H groups in total. The lowest BCUT2D eigenvalue weighted by Crippen LogP contribution is -2.28. The second-order valence-corrected chi connectivity index (χ2v) is 15.0. The van der Waals surface area contributed by atoms with Crippen molar-refractivity contribution in [1.29, 1.82) is 0 Å². The fraction of sp³-hybridized carbons (Fsp3) is 0.552. The smallest absolute Gasteiger partial charge is 0.0125 e. The lowest BCUT2D eigenvalue weighted by atomic mass is 9.80. The molecule has 0 aliphatic rings. The maximum Gasteiger partial charge on any atom is -0.0125 e. The minimum absolute atomic E-state index is 0.0947. The predicted octanol–water partition coefficient (Wildman–Crippen LogP) is 7.47. The minimum atomic E-state index is -1.14. The third kappa shape index (κ3) is 5.50. The topological polar surface area (TPSA) is 0 Å². The van der Waals surface area contributed by atoms with Crippen LogP contribution in [-0.2, 0) is 21.7 Å². The van der Waals surface area contributed by atoms with Gasteiger partial charge in [-0.25, -0.2) is 0 Å². The highest BCUT2D eigenvalue weighted by Gasteiger charge is 2.26. The molecule has 0 bridgehead atoms. The molecule has 0 aliphatic carbocycles. The van der Waals surface area contributed by atoms with Crippen LogP contribution in [0.1, 0.15) is 105 Å². The first-order chi connectivity index (χ1) is 13.3. The maximum atomic E-state index is 4.81. The van der Waals surface area contributed by atoms with Crippen molar-refractivity contribution >= 4 is 24.5 Å². The van der Waals surface area contributed by atoms with Crippen LogP contribution >= 0.6 is 7.55 Å². The summed E-state index contributed by atoms with van der Waals surface area (Å²) in [5.41, 5.74) is 6.22. The second-order valence-electron chi connectivity index (χ2n) is 13.0. The van der Waals surface area contributed by atoms with E-state index >= 15 is 0 Å². The Balaban J connectivity index is 2.74. The molecule has 0 saturated heterocycles. The van der Waals surface area contributed by atoms with Gasteiger partial charge in [-0.15, -0.1) is 0 Å². The van der Waals surface area contributed by atoms with Crippen LogP contribution in [0.15, 0.2) is 36.4 Å². The van der Waals surface area contributed by atoms with Gasteiger partial charge in [-0.3, -0.25) is 0 Å². The van der Waals surface area contributed by atoms with Crippen molar-refractivity contribution in [2.75, 3.05) is 0 Å². The van der Waals surface area contributed by atoms with Crippen LogP contribution in [0.4, 0.5) is 0 Å². The maximum absolute atomic E-state index is 4.81. The van der Waals surface area contributed by atoms with Crippen LogP contribution in [0.25, 0.3) is 0 Å². The zero-order valence-electron chi connectivity index (χ0n) is 21.7. The van der Waals surface area contributed by atoms with Crippen LogP contribution in [-0.4, -0.2) is 6.30 Å². The average Bonchev–Trinajstić information content (AvgIpc) is 2.57. The molecule has 0 aliphatic heterocycles. The van der Waals surface area contributed by atoms with E-state index in [1.807, 2.05) is 0 Å². The summed E-state index contributed by atoms with van der Waals surface area (Å²) in [5.74, 6) is 0. The molecule has 166 valence electrons. The van der Waals surface area contributed by atoms with E-state index in [-0.39, 0.29) is 21.7 Å². The summed E-state index contributed by atoms with van der Waals surface area (Å²) in [7, 11) is -1.14. The first-order valence-corrected chi connectivity index (χ1v) is 13.0. The molecule has 0 atom stereocenters. The van der Waals surface area contributed by atoms with Crippen LogP contribution in [0.3, 0.4) is 0 Å². The zero-order chi connectivity index (χ0) is 23.3. The molecule has 30 heavy (non-hydrogen) atoms. The first kappa shape index (κ1) is 25.0. The Morgan fingerprint density at radius 3 is 1.03 bits per heavy atom. The predicted molar refractivity (Wildman–Crippen MR) is 142 cm³/mol. The molecule has 1 heteroatoms. The molecule has 0 spiro atoms. The van der Waals surface area contributed by atoms with Crippen molar-refractivity contribution in [3.63, 3.8) is 0 Å². The number of hydrogen-bond acceptors (Lipinski definition) is 0. The average molecular weight is 425 g/mol. The van der Waals surface area contributed by atoms with Crippen molar-refractivity contribution in [2.24, 2.45) is 0 Å². The van der Waals surface area contributed by atoms with Gasteiger partial charge in [0.2, 0.25) is 0 Å². The van der Waals surface area contributed by atoms with Gasteiger partial charge < -0.3 is 0 Å². The van der Waals surface area contributed by atoms with E-state index in [0.29, 0.717) is 0 Å². The quantitative estimate of drug-likeness (QED) is 0.439. The van der Waals surface area contributed by atoms with Gasteiger partial charge in [0.15, 0.2) is 0 Å². The number of benzene rings is 2. The molecule has 0 amide bonds. The molecule has 0 radical (unpaired) electrons. The molecule has 2 aromatic rings. The summed E-state index contributed by atoms with van der Waals surface area (Å²) in [6.07, 6.45) is 4.81. The molecule has 0 saturated carbocycles. The molecular weight excluding hydrogens is 379 g/mol. The molecule has 2 aromatic carbocycles. The van der Waals surface area contributed by atoms with E-state index in [4.69, 9.17) is 6.30 Å². The van der Waals surface area contributed by atoms with Gasteiger partial charge in [-0.2, -0.15) is 0 Å². The summed E-state index contributed by atoms with van der Waals surface area (Å²) in [6, 6.07) is 14.3. The molecule has 0 heterocycles. The van der Waals surface area contributed by atoms with E-state index in [2.05, 4.69) is 119 Å². The molecule has 0 nitrogen and oxygen atoms in total. The Hall–Kier alpha value is -1.26. The second kappa shape index (κ2) is 8.02. The zero-order valence-corrected chi connectivity index (χ0v) is 22.7. The lowest BCUT2D eigenvalue weighted by molar-refractivity contribution is 0.571. The van der Waals surface area contributed by atoms with E-state index < -0.39 is 7.55 Å². The Bertz CT molecular complexity index is 855.